The van der Waals surface area contributed by atoms with E-state index in [1.165, 1.54) is 16.4 Å². The van der Waals surface area contributed by atoms with Crippen LogP contribution in [0.25, 0.3) is 11.0 Å². The number of carbonyl (C=O) groups excluding carboxylic acids is 2. The molecule has 2 amide bonds. The van der Waals surface area contributed by atoms with Crippen LogP contribution in [0.2, 0.25) is 0 Å². The lowest BCUT2D eigenvalue weighted by molar-refractivity contribution is -0.117. The highest BCUT2D eigenvalue weighted by molar-refractivity contribution is 5.94. The summed E-state index contributed by atoms with van der Waals surface area (Å²) in [6.07, 6.45) is 4.80. The molecule has 9 nitrogen and oxygen atoms in total. The molecule has 1 fully saturated rings. The lowest BCUT2D eigenvalue weighted by Gasteiger charge is -2.32. The van der Waals surface area contributed by atoms with E-state index >= 15 is 0 Å². The normalized spacial score (nSPS) is 15.3. The second-order valence-electron chi connectivity index (χ2n) is 8.61. The summed E-state index contributed by atoms with van der Waals surface area (Å²) < 4.78 is 12.1. The maximum absolute atomic E-state index is 13.6. The van der Waals surface area contributed by atoms with Crippen molar-refractivity contribution in [2.75, 3.05) is 17.0 Å². The summed E-state index contributed by atoms with van der Waals surface area (Å²) in [6.45, 7) is 1.38. The van der Waals surface area contributed by atoms with Gasteiger partial charge in [-0.1, -0.05) is 31.4 Å². The number of hydrogen-bond donors (Lipinski definition) is 1. The summed E-state index contributed by atoms with van der Waals surface area (Å²) >= 11 is 0. The minimum Gasteiger partial charge on any atom is -0.454 e. The highest BCUT2D eigenvalue weighted by Crippen LogP contribution is 2.34. The Morgan fingerprint density at radius 2 is 1.85 bits per heavy atom. The third-order valence-electron chi connectivity index (χ3n) is 6.30. The number of nitrogens with zero attached hydrogens (tertiary/aromatic N) is 3. The molecular formula is C25H26N4O5. The summed E-state index contributed by atoms with van der Waals surface area (Å²) in [5, 5.41) is 2.81. The van der Waals surface area contributed by atoms with Crippen LogP contribution < -0.4 is 25.2 Å². The molecule has 2 aromatic carbocycles. The van der Waals surface area contributed by atoms with E-state index < -0.39 is 5.56 Å². The van der Waals surface area contributed by atoms with Crippen molar-refractivity contribution in [2.45, 2.75) is 51.6 Å². The summed E-state index contributed by atoms with van der Waals surface area (Å²) in [6, 6.07) is 12.2. The Kier molecular flexibility index (Phi) is 5.91. The molecule has 1 aromatic heterocycles. The number of ether oxygens (including phenoxy) is 2. The van der Waals surface area contributed by atoms with Gasteiger partial charge in [-0.15, -0.1) is 0 Å². The van der Waals surface area contributed by atoms with E-state index in [9.17, 15) is 14.4 Å². The van der Waals surface area contributed by atoms with Crippen LogP contribution in [0.3, 0.4) is 0 Å². The van der Waals surface area contributed by atoms with E-state index in [1.54, 1.807) is 36.4 Å². The Balaban J connectivity index is 1.50. The first-order valence-electron chi connectivity index (χ1n) is 11.5. The zero-order valence-electron chi connectivity index (χ0n) is 19.0. The fraction of sp³-hybridized carbons (Fsp3) is 0.360. The second-order valence-corrected chi connectivity index (χ2v) is 8.61. The van der Waals surface area contributed by atoms with Gasteiger partial charge in [0.1, 0.15) is 6.54 Å². The van der Waals surface area contributed by atoms with E-state index in [-0.39, 0.29) is 37.0 Å². The van der Waals surface area contributed by atoms with Gasteiger partial charge in [-0.25, -0.2) is 4.98 Å². The van der Waals surface area contributed by atoms with Crippen molar-refractivity contribution < 1.29 is 19.1 Å². The van der Waals surface area contributed by atoms with Gasteiger partial charge in [0, 0.05) is 24.7 Å². The smallest absolute Gasteiger partial charge is 0.294 e. The lowest BCUT2D eigenvalue weighted by atomic mass is 9.94. The van der Waals surface area contributed by atoms with Crippen LogP contribution in [-0.2, 0) is 16.1 Å². The number of rotatable bonds is 5. The van der Waals surface area contributed by atoms with Crippen molar-refractivity contribution in [1.29, 1.82) is 0 Å². The van der Waals surface area contributed by atoms with Crippen molar-refractivity contribution >= 4 is 34.4 Å². The van der Waals surface area contributed by atoms with Gasteiger partial charge in [-0.05, 0) is 37.1 Å². The Morgan fingerprint density at radius 3 is 2.65 bits per heavy atom. The standard InChI is InChI=1S/C25H26N4O5/c1-16(30)29(18-7-3-2-4-8-18)24-25(32)28(20-10-6-5-9-19(20)27-24)14-23(31)26-17-11-12-21-22(13-17)34-15-33-21/h5-6,9-13,18H,2-4,7-8,14-15H2,1H3,(H,26,31). The predicted molar refractivity (Wildman–Crippen MR) is 127 cm³/mol. The van der Waals surface area contributed by atoms with Crippen LogP contribution in [-0.4, -0.2) is 34.2 Å². The van der Waals surface area contributed by atoms with Gasteiger partial charge >= 0.3 is 0 Å². The molecule has 1 aliphatic heterocycles. The lowest BCUT2D eigenvalue weighted by Crippen LogP contribution is -2.45. The Labute approximate surface area is 196 Å². The largest absolute Gasteiger partial charge is 0.454 e. The first-order valence-corrected chi connectivity index (χ1v) is 11.5. The Hall–Kier alpha value is -3.88. The fourth-order valence-electron chi connectivity index (χ4n) is 4.73. The van der Waals surface area contributed by atoms with Crippen LogP contribution in [0.5, 0.6) is 11.5 Å². The average Bonchev–Trinajstić information content (AvgIpc) is 3.30. The van der Waals surface area contributed by atoms with Gasteiger partial charge in [-0.3, -0.25) is 23.9 Å². The number of benzene rings is 2. The van der Waals surface area contributed by atoms with Crippen molar-refractivity contribution in [3.8, 4) is 11.5 Å². The van der Waals surface area contributed by atoms with Crippen molar-refractivity contribution in [1.82, 2.24) is 9.55 Å². The quantitative estimate of drug-likeness (QED) is 0.623. The molecule has 34 heavy (non-hydrogen) atoms. The van der Waals surface area contributed by atoms with Crippen molar-refractivity contribution in [3.05, 3.63) is 52.8 Å². The van der Waals surface area contributed by atoms with Crippen LogP contribution >= 0.6 is 0 Å². The molecule has 1 aliphatic carbocycles. The van der Waals surface area contributed by atoms with E-state index in [0.717, 1.165) is 32.1 Å². The Bertz CT molecular complexity index is 1310. The minimum absolute atomic E-state index is 0.0662. The fourth-order valence-corrected chi connectivity index (χ4v) is 4.73. The summed E-state index contributed by atoms with van der Waals surface area (Å²) in [5.74, 6) is 0.648. The van der Waals surface area contributed by atoms with Gasteiger partial charge in [0.25, 0.3) is 5.56 Å². The monoisotopic (exact) mass is 462 g/mol. The molecule has 5 rings (SSSR count). The minimum atomic E-state index is -0.458. The number of carbonyl (C=O) groups is 2. The van der Waals surface area contributed by atoms with E-state index in [1.807, 2.05) is 6.07 Å². The van der Waals surface area contributed by atoms with Crippen LogP contribution in [0, 0.1) is 0 Å². The molecule has 2 heterocycles. The molecule has 0 saturated heterocycles. The molecule has 2 aliphatic rings. The molecule has 0 bridgehead atoms. The van der Waals surface area contributed by atoms with Crippen LogP contribution in [0.1, 0.15) is 39.0 Å². The van der Waals surface area contributed by atoms with Gasteiger partial charge in [0.05, 0.1) is 11.0 Å². The molecule has 3 aromatic rings. The molecule has 0 atom stereocenters. The van der Waals surface area contributed by atoms with Crippen molar-refractivity contribution in [2.24, 2.45) is 0 Å². The van der Waals surface area contributed by atoms with Crippen molar-refractivity contribution in [3.63, 3.8) is 0 Å². The van der Waals surface area contributed by atoms with E-state index in [2.05, 4.69) is 10.3 Å². The molecule has 0 spiro atoms. The number of nitrogens with one attached hydrogen (secondary N) is 1. The van der Waals surface area contributed by atoms with Gasteiger partial charge < -0.3 is 14.8 Å². The summed E-state index contributed by atoms with van der Waals surface area (Å²) in [7, 11) is 0. The number of para-hydroxylation sites is 2. The van der Waals surface area contributed by atoms with Crippen LogP contribution in [0.4, 0.5) is 11.5 Å². The zero-order valence-corrected chi connectivity index (χ0v) is 19.0. The van der Waals surface area contributed by atoms with Gasteiger partial charge in [-0.2, -0.15) is 0 Å². The van der Waals surface area contributed by atoms with Gasteiger partial charge in [0.15, 0.2) is 11.5 Å². The zero-order chi connectivity index (χ0) is 23.7. The molecule has 1 N–H and O–H groups in total. The molecule has 1 saturated carbocycles. The predicted octanol–water partition coefficient (Wildman–Crippen LogP) is 3.45. The third-order valence-corrected chi connectivity index (χ3v) is 6.30. The third kappa shape index (κ3) is 4.21. The first-order chi connectivity index (χ1) is 16.5. The number of anilines is 2. The SMILES string of the molecule is CC(=O)N(c1nc2ccccc2n(CC(=O)Nc2ccc3c(c2)OCO3)c1=O)C1CCCCC1. The molecule has 9 heteroatoms. The topological polar surface area (TPSA) is 103 Å². The maximum atomic E-state index is 13.6. The highest BCUT2D eigenvalue weighted by atomic mass is 16.7. The maximum Gasteiger partial charge on any atom is 0.294 e. The second kappa shape index (κ2) is 9.17. The Morgan fingerprint density at radius 1 is 1.09 bits per heavy atom. The molecule has 0 radical (unpaired) electrons. The van der Waals surface area contributed by atoms with Gasteiger partial charge in [0.2, 0.25) is 24.4 Å². The number of hydrogen-bond acceptors (Lipinski definition) is 6. The number of aromatic nitrogens is 2. The summed E-state index contributed by atoms with van der Waals surface area (Å²) in [4.78, 5) is 45.3. The summed E-state index contributed by atoms with van der Waals surface area (Å²) in [5.41, 5.74) is 1.16. The van der Waals surface area contributed by atoms with E-state index in [4.69, 9.17) is 9.47 Å². The molecule has 176 valence electrons. The molecule has 0 unspecified atom stereocenters. The molecular weight excluding hydrogens is 436 g/mol. The number of fused-ring (bicyclic) bond motifs is 2. The number of amides is 2. The average molecular weight is 463 g/mol. The van der Waals surface area contributed by atoms with E-state index in [0.29, 0.717) is 28.2 Å². The highest BCUT2D eigenvalue weighted by Gasteiger charge is 2.29. The first kappa shape index (κ1) is 21.9. The van der Waals surface area contributed by atoms with Crippen LogP contribution in [0.15, 0.2) is 47.3 Å².